The number of sulfonamides is 1. The van der Waals surface area contributed by atoms with Crippen molar-refractivity contribution in [3.63, 3.8) is 0 Å². The van der Waals surface area contributed by atoms with Crippen LogP contribution in [0.1, 0.15) is 11.4 Å². The molecule has 0 aliphatic heterocycles. The van der Waals surface area contributed by atoms with Crippen LogP contribution in [0, 0.1) is 13.8 Å². The number of para-hydroxylation sites is 1. The van der Waals surface area contributed by atoms with Crippen LogP contribution in [0.15, 0.2) is 58.6 Å². The van der Waals surface area contributed by atoms with Crippen molar-refractivity contribution >= 4 is 33.4 Å². The third-order valence-corrected chi connectivity index (χ3v) is 7.14. The predicted octanol–water partition coefficient (Wildman–Crippen LogP) is 2.87. The number of anilines is 1. The van der Waals surface area contributed by atoms with E-state index in [9.17, 15) is 13.2 Å². The van der Waals surface area contributed by atoms with Gasteiger partial charge in [-0.05, 0) is 43.7 Å². The van der Waals surface area contributed by atoms with Crippen LogP contribution in [0.5, 0.6) is 0 Å². The number of nitrogens with zero attached hydrogens (tertiary/aromatic N) is 4. The molecule has 0 radical (unpaired) electrons. The van der Waals surface area contributed by atoms with E-state index in [2.05, 4.69) is 15.5 Å². The maximum Gasteiger partial charge on any atom is 0.242 e. The minimum absolute atomic E-state index is 0.106. The third-order valence-electron chi connectivity index (χ3n) is 4.40. The van der Waals surface area contributed by atoms with Crippen LogP contribution in [-0.4, -0.2) is 53.2 Å². The molecule has 1 heterocycles. The van der Waals surface area contributed by atoms with E-state index in [0.29, 0.717) is 10.8 Å². The lowest BCUT2D eigenvalue weighted by Gasteiger charge is -2.14. The molecule has 8 nitrogen and oxygen atoms in total. The van der Waals surface area contributed by atoms with Gasteiger partial charge in [0.05, 0.1) is 10.6 Å². The van der Waals surface area contributed by atoms with Crippen LogP contribution in [-0.2, 0) is 14.8 Å². The fraction of sp³-hybridized carbons (Fsp3) is 0.250. The van der Waals surface area contributed by atoms with Crippen LogP contribution >= 0.6 is 11.8 Å². The molecule has 0 saturated carbocycles. The highest BCUT2D eigenvalue weighted by atomic mass is 32.2. The Morgan fingerprint density at radius 2 is 1.80 bits per heavy atom. The van der Waals surface area contributed by atoms with Gasteiger partial charge in [-0.2, -0.15) is 0 Å². The molecule has 10 heteroatoms. The molecule has 0 spiro atoms. The number of thioether (sulfide) groups is 1. The van der Waals surface area contributed by atoms with Crippen molar-refractivity contribution in [1.82, 2.24) is 19.1 Å². The Balaban J connectivity index is 1.74. The Bertz CT molecular complexity index is 1160. The van der Waals surface area contributed by atoms with Gasteiger partial charge in [-0.25, -0.2) is 12.7 Å². The third kappa shape index (κ3) is 4.72. The predicted molar refractivity (Wildman–Crippen MR) is 118 cm³/mol. The maximum absolute atomic E-state index is 12.5. The van der Waals surface area contributed by atoms with Gasteiger partial charge in [0.1, 0.15) is 5.82 Å². The van der Waals surface area contributed by atoms with Gasteiger partial charge in [0.25, 0.3) is 0 Å². The normalized spacial score (nSPS) is 11.6. The molecule has 0 unspecified atom stereocenters. The number of rotatable bonds is 7. The monoisotopic (exact) mass is 445 g/mol. The second-order valence-corrected chi connectivity index (χ2v) is 9.90. The molecular weight excluding hydrogens is 422 g/mol. The zero-order valence-corrected chi connectivity index (χ0v) is 18.8. The van der Waals surface area contributed by atoms with Crippen molar-refractivity contribution in [2.75, 3.05) is 25.2 Å². The van der Waals surface area contributed by atoms with Gasteiger partial charge in [-0.15, -0.1) is 10.2 Å². The van der Waals surface area contributed by atoms with Crippen molar-refractivity contribution in [1.29, 1.82) is 0 Å². The van der Waals surface area contributed by atoms with Gasteiger partial charge >= 0.3 is 0 Å². The Hall–Kier alpha value is -2.69. The smallest absolute Gasteiger partial charge is 0.242 e. The summed E-state index contributed by atoms with van der Waals surface area (Å²) in [6, 6.07) is 14.3. The van der Waals surface area contributed by atoms with Gasteiger partial charge < -0.3 is 5.32 Å². The number of aryl methyl sites for hydroxylation is 2. The van der Waals surface area contributed by atoms with Crippen molar-refractivity contribution in [2.45, 2.75) is 23.9 Å². The Labute approximate surface area is 180 Å². The van der Waals surface area contributed by atoms with Crippen molar-refractivity contribution in [3.8, 4) is 5.69 Å². The van der Waals surface area contributed by atoms with Gasteiger partial charge in [0.15, 0.2) is 5.16 Å². The molecule has 0 fully saturated rings. The topological polar surface area (TPSA) is 97.2 Å². The number of hydrogen-bond acceptors (Lipinski definition) is 6. The Morgan fingerprint density at radius 1 is 1.10 bits per heavy atom. The lowest BCUT2D eigenvalue weighted by Crippen LogP contribution is -2.22. The fourth-order valence-corrected chi connectivity index (χ4v) is 4.46. The largest absolute Gasteiger partial charge is 0.325 e. The lowest BCUT2D eigenvalue weighted by atomic mass is 10.2. The van der Waals surface area contributed by atoms with Crippen LogP contribution in [0.4, 0.5) is 5.69 Å². The van der Waals surface area contributed by atoms with E-state index in [0.717, 1.165) is 21.4 Å². The van der Waals surface area contributed by atoms with Crippen LogP contribution in [0.3, 0.4) is 0 Å². The number of carbonyl (C=O) groups is 1. The summed E-state index contributed by atoms with van der Waals surface area (Å²) >= 11 is 1.26. The zero-order chi connectivity index (χ0) is 21.9. The maximum atomic E-state index is 12.5. The number of amides is 1. The first kappa shape index (κ1) is 22.0. The van der Waals surface area contributed by atoms with E-state index in [1.165, 1.54) is 38.0 Å². The van der Waals surface area contributed by atoms with E-state index >= 15 is 0 Å². The minimum atomic E-state index is -3.59. The minimum Gasteiger partial charge on any atom is -0.325 e. The van der Waals surface area contributed by atoms with Crippen molar-refractivity contribution < 1.29 is 13.2 Å². The Kier molecular flexibility index (Phi) is 6.59. The van der Waals surface area contributed by atoms with Gasteiger partial charge in [-0.3, -0.25) is 9.36 Å². The summed E-state index contributed by atoms with van der Waals surface area (Å²) in [7, 11) is -0.651. The molecule has 1 amide bonds. The Morgan fingerprint density at radius 3 is 2.47 bits per heavy atom. The molecule has 0 aliphatic rings. The van der Waals surface area contributed by atoms with E-state index in [-0.39, 0.29) is 16.6 Å². The molecule has 2 aromatic carbocycles. The SMILES string of the molecule is Cc1ccc(S(=O)(=O)N(C)C)cc1NC(=O)CSc1nnc(C)n1-c1ccccc1. The average Bonchev–Trinajstić information content (AvgIpc) is 3.09. The first-order valence-corrected chi connectivity index (χ1v) is 11.6. The second kappa shape index (κ2) is 8.99. The highest BCUT2D eigenvalue weighted by molar-refractivity contribution is 7.99. The molecule has 0 atom stereocenters. The number of nitrogens with one attached hydrogen (secondary N) is 1. The molecule has 1 N–H and O–H groups in total. The molecule has 0 saturated heterocycles. The van der Waals surface area contributed by atoms with Crippen molar-refractivity contribution in [2.24, 2.45) is 0 Å². The van der Waals surface area contributed by atoms with Gasteiger partial charge in [-0.1, -0.05) is 36.0 Å². The number of carbonyl (C=O) groups excluding carboxylic acids is 1. The highest BCUT2D eigenvalue weighted by Crippen LogP contribution is 2.24. The molecule has 0 aliphatic carbocycles. The van der Waals surface area contributed by atoms with E-state index in [1.54, 1.807) is 6.07 Å². The molecular formula is C20H23N5O3S2. The molecule has 1 aromatic heterocycles. The summed E-state index contributed by atoms with van der Waals surface area (Å²) in [5.74, 6) is 0.569. The highest BCUT2D eigenvalue weighted by Gasteiger charge is 2.19. The molecule has 30 heavy (non-hydrogen) atoms. The first-order chi connectivity index (χ1) is 14.2. The summed E-state index contributed by atoms with van der Waals surface area (Å²) in [5.41, 5.74) is 2.15. The van der Waals surface area contributed by atoms with Crippen molar-refractivity contribution in [3.05, 3.63) is 59.9 Å². The fourth-order valence-electron chi connectivity index (χ4n) is 2.73. The molecule has 0 bridgehead atoms. The quantitative estimate of drug-likeness (QED) is 0.562. The molecule has 158 valence electrons. The van der Waals surface area contributed by atoms with Gasteiger partial charge in [0, 0.05) is 25.5 Å². The van der Waals surface area contributed by atoms with Crippen LogP contribution < -0.4 is 5.32 Å². The summed E-state index contributed by atoms with van der Waals surface area (Å²) in [5, 5.41) is 11.7. The number of benzene rings is 2. The molecule has 3 rings (SSSR count). The van der Waals surface area contributed by atoms with E-state index in [4.69, 9.17) is 0 Å². The van der Waals surface area contributed by atoms with Crippen LogP contribution in [0.25, 0.3) is 5.69 Å². The molecule has 3 aromatic rings. The number of hydrogen-bond donors (Lipinski definition) is 1. The standard InChI is InChI=1S/C20H23N5O3S2/c1-14-10-11-17(30(27,28)24(3)4)12-18(14)21-19(26)13-29-20-23-22-15(2)25(20)16-8-6-5-7-9-16/h5-12H,13H2,1-4H3,(H,21,26). The average molecular weight is 446 g/mol. The summed E-state index contributed by atoms with van der Waals surface area (Å²) in [6.45, 7) is 3.66. The summed E-state index contributed by atoms with van der Waals surface area (Å²) < 4.78 is 27.7. The zero-order valence-electron chi connectivity index (χ0n) is 17.2. The van der Waals surface area contributed by atoms with Crippen LogP contribution in [0.2, 0.25) is 0 Å². The summed E-state index contributed by atoms with van der Waals surface area (Å²) in [6.07, 6.45) is 0. The van der Waals surface area contributed by atoms with E-state index < -0.39 is 10.0 Å². The number of aromatic nitrogens is 3. The first-order valence-electron chi connectivity index (χ1n) is 9.13. The van der Waals surface area contributed by atoms with Gasteiger partial charge in [0.2, 0.25) is 15.9 Å². The van der Waals surface area contributed by atoms with E-state index in [1.807, 2.05) is 48.7 Å². The lowest BCUT2D eigenvalue weighted by molar-refractivity contribution is -0.113. The summed E-state index contributed by atoms with van der Waals surface area (Å²) in [4.78, 5) is 12.7. The second-order valence-electron chi connectivity index (χ2n) is 6.80.